The van der Waals surface area contributed by atoms with Crippen LogP contribution in [0.2, 0.25) is 0 Å². The van der Waals surface area contributed by atoms with Crippen molar-refractivity contribution in [2.45, 2.75) is 141 Å². The van der Waals surface area contributed by atoms with Crippen molar-refractivity contribution in [1.82, 2.24) is 0 Å². The number of unbranched alkanes of at least 4 members (excludes halogenated alkanes) is 16. The molecule has 0 rings (SSSR count). The van der Waals surface area contributed by atoms with E-state index in [4.69, 9.17) is 4.55 Å². The Kier molecular flexibility index (Phi) is 20.1. The molecule has 0 aliphatic rings. The van der Waals surface area contributed by atoms with Gasteiger partial charge in [0.1, 0.15) is 0 Å². The number of aliphatic hydroxyl groups excluding tert-OH is 1. The van der Waals surface area contributed by atoms with Crippen molar-refractivity contribution in [3.63, 3.8) is 0 Å². The van der Waals surface area contributed by atoms with Crippen molar-refractivity contribution in [3.8, 4) is 0 Å². The van der Waals surface area contributed by atoms with Crippen molar-refractivity contribution >= 4 is 10.1 Å². The van der Waals surface area contributed by atoms with Gasteiger partial charge in [0.15, 0.2) is 0 Å². The molecule has 0 aromatic carbocycles. The summed E-state index contributed by atoms with van der Waals surface area (Å²) < 4.78 is 29.8. The maximum atomic E-state index is 10.6. The average molecular weight is 421 g/mol. The van der Waals surface area contributed by atoms with Gasteiger partial charge in [0.05, 0.1) is 11.9 Å². The van der Waals surface area contributed by atoms with Crippen LogP contribution >= 0.6 is 0 Å². The molecule has 28 heavy (non-hydrogen) atoms. The molecule has 170 valence electrons. The lowest BCUT2D eigenvalue weighted by Crippen LogP contribution is -2.06. The fourth-order valence-corrected chi connectivity index (χ4v) is 4.31. The minimum Gasteiger partial charge on any atom is -0.393 e. The number of rotatable bonds is 22. The minimum atomic E-state index is -3.78. The Morgan fingerprint density at radius 2 is 0.893 bits per heavy atom. The Balaban J connectivity index is 3.20. The molecule has 0 heterocycles. The van der Waals surface area contributed by atoms with Gasteiger partial charge >= 0.3 is 0 Å². The third kappa shape index (κ3) is 23.9. The first-order valence-electron chi connectivity index (χ1n) is 12.1. The molecule has 0 saturated heterocycles. The summed E-state index contributed by atoms with van der Waals surface area (Å²) in [5.74, 6) is -0.113. The Morgan fingerprint density at radius 3 is 1.25 bits per heavy atom. The lowest BCUT2D eigenvalue weighted by Gasteiger charge is -2.10. The largest absolute Gasteiger partial charge is 0.393 e. The summed E-state index contributed by atoms with van der Waals surface area (Å²) in [5.41, 5.74) is 0. The number of aliphatic hydroxyl groups is 1. The van der Waals surface area contributed by atoms with Crippen molar-refractivity contribution in [3.05, 3.63) is 0 Å². The molecule has 1 atom stereocenters. The Morgan fingerprint density at radius 1 is 0.571 bits per heavy atom. The highest BCUT2D eigenvalue weighted by Gasteiger charge is 2.05. The first-order chi connectivity index (χ1) is 13.5. The lowest BCUT2D eigenvalue weighted by molar-refractivity contribution is 0.147. The van der Waals surface area contributed by atoms with E-state index in [2.05, 4.69) is 6.92 Å². The van der Waals surface area contributed by atoms with Gasteiger partial charge in [0.25, 0.3) is 10.1 Å². The Hall–Kier alpha value is -0.130. The summed E-state index contributed by atoms with van der Waals surface area (Å²) in [6.45, 7) is 2.26. The molecule has 1 unspecified atom stereocenters. The number of hydrogen-bond acceptors (Lipinski definition) is 3. The maximum absolute atomic E-state index is 10.6. The molecule has 0 spiro atoms. The molecule has 0 radical (unpaired) electrons. The highest BCUT2D eigenvalue weighted by molar-refractivity contribution is 7.85. The predicted octanol–water partition coefficient (Wildman–Crippen LogP) is 7.06. The van der Waals surface area contributed by atoms with Gasteiger partial charge in [-0.3, -0.25) is 4.55 Å². The second-order valence-electron chi connectivity index (χ2n) is 8.53. The van der Waals surface area contributed by atoms with Gasteiger partial charge in [-0.2, -0.15) is 8.42 Å². The Bertz CT molecular complexity index is 409. The van der Waals surface area contributed by atoms with Crippen LogP contribution in [0.5, 0.6) is 0 Å². The summed E-state index contributed by atoms with van der Waals surface area (Å²) in [4.78, 5) is 0. The van der Waals surface area contributed by atoms with Gasteiger partial charge in [-0.1, -0.05) is 116 Å². The van der Waals surface area contributed by atoms with E-state index in [9.17, 15) is 13.5 Å². The lowest BCUT2D eigenvalue weighted by atomic mass is 10.0. The first-order valence-corrected chi connectivity index (χ1v) is 13.7. The van der Waals surface area contributed by atoms with Crippen LogP contribution in [0.4, 0.5) is 0 Å². The molecule has 0 bridgehead atoms. The Labute approximate surface area is 175 Å². The highest BCUT2D eigenvalue weighted by atomic mass is 32.2. The molecule has 0 aromatic heterocycles. The molecule has 0 aliphatic heterocycles. The molecule has 0 fully saturated rings. The van der Waals surface area contributed by atoms with Gasteiger partial charge in [0.2, 0.25) is 0 Å². The molecular formula is C23H48O4S. The smallest absolute Gasteiger partial charge is 0.264 e. The van der Waals surface area contributed by atoms with E-state index >= 15 is 0 Å². The third-order valence-corrected chi connectivity index (χ3v) is 6.39. The predicted molar refractivity (Wildman–Crippen MR) is 120 cm³/mol. The summed E-state index contributed by atoms with van der Waals surface area (Å²) in [5, 5.41) is 10.1. The fraction of sp³-hybridized carbons (Fsp3) is 1.00. The van der Waals surface area contributed by atoms with Crippen LogP contribution in [-0.2, 0) is 10.1 Å². The zero-order chi connectivity index (χ0) is 20.9. The van der Waals surface area contributed by atoms with Gasteiger partial charge in [0, 0.05) is 0 Å². The van der Waals surface area contributed by atoms with Crippen molar-refractivity contribution in [2.75, 3.05) is 5.75 Å². The van der Waals surface area contributed by atoms with Crippen LogP contribution in [0.15, 0.2) is 0 Å². The van der Waals surface area contributed by atoms with E-state index < -0.39 is 10.1 Å². The summed E-state index contributed by atoms with van der Waals surface area (Å²) >= 11 is 0. The van der Waals surface area contributed by atoms with Crippen LogP contribution in [0.1, 0.15) is 135 Å². The van der Waals surface area contributed by atoms with E-state index in [0.29, 0.717) is 6.42 Å². The van der Waals surface area contributed by atoms with E-state index in [1.54, 1.807) is 0 Å². The van der Waals surface area contributed by atoms with Gasteiger partial charge in [-0.25, -0.2) is 0 Å². The maximum Gasteiger partial charge on any atom is 0.264 e. The van der Waals surface area contributed by atoms with Crippen LogP contribution in [0, 0.1) is 0 Å². The molecule has 0 amide bonds. The van der Waals surface area contributed by atoms with Crippen LogP contribution in [0.25, 0.3) is 0 Å². The molecular weight excluding hydrogens is 372 g/mol. The highest BCUT2D eigenvalue weighted by Crippen LogP contribution is 2.15. The summed E-state index contributed by atoms with van der Waals surface area (Å²) in [7, 11) is -3.78. The standard InChI is InChI=1S/C23H48O4S/c1-2-3-4-5-6-7-8-9-11-14-17-20-23(24)21-18-15-12-10-13-16-19-22-28(25,26)27/h23-24H,2-22H2,1H3,(H,25,26,27). The van der Waals surface area contributed by atoms with E-state index in [1.165, 1.54) is 64.2 Å². The normalized spacial score (nSPS) is 13.1. The second kappa shape index (κ2) is 20.2. The fourth-order valence-electron chi connectivity index (χ4n) is 3.74. The monoisotopic (exact) mass is 420 g/mol. The molecule has 2 N–H and O–H groups in total. The van der Waals surface area contributed by atoms with Gasteiger partial charge in [-0.15, -0.1) is 0 Å². The average Bonchev–Trinajstić information content (AvgIpc) is 2.64. The topological polar surface area (TPSA) is 74.6 Å². The zero-order valence-corrected chi connectivity index (χ0v) is 19.4. The summed E-state index contributed by atoms with van der Waals surface area (Å²) in [6.07, 6.45) is 23.5. The van der Waals surface area contributed by atoms with Crippen LogP contribution in [0.3, 0.4) is 0 Å². The third-order valence-electron chi connectivity index (χ3n) is 5.58. The first kappa shape index (κ1) is 27.9. The molecule has 4 nitrogen and oxygen atoms in total. The van der Waals surface area contributed by atoms with Crippen molar-refractivity contribution in [2.24, 2.45) is 0 Å². The quantitative estimate of drug-likeness (QED) is 0.145. The number of hydrogen-bond donors (Lipinski definition) is 2. The van der Waals surface area contributed by atoms with E-state index in [-0.39, 0.29) is 11.9 Å². The van der Waals surface area contributed by atoms with Crippen molar-refractivity contribution in [1.29, 1.82) is 0 Å². The minimum absolute atomic E-state index is 0.113. The van der Waals surface area contributed by atoms with Gasteiger partial charge < -0.3 is 5.11 Å². The molecule has 5 heteroatoms. The molecule has 0 aliphatic carbocycles. The molecule has 0 saturated carbocycles. The molecule has 0 aromatic rings. The zero-order valence-electron chi connectivity index (χ0n) is 18.5. The second-order valence-corrected chi connectivity index (χ2v) is 10.1. The SMILES string of the molecule is CCCCCCCCCCCCCC(O)CCCCCCCCCS(=O)(=O)O. The summed E-state index contributed by atoms with van der Waals surface area (Å²) in [6, 6.07) is 0. The van der Waals surface area contributed by atoms with E-state index in [0.717, 1.165) is 57.8 Å². The van der Waals surface area contributed by atoms with Crippen LogP contribution < -0.4 is 0 Å². The van der Waals surface area contributed by atoms with E-state index in [1.807, 2.05) is 0 Å². The van der Waals surface area contributed by atoms with Gasteiger partial charge in [-0.05, 0) is 19.3 Å². The van der Waals surface area contributed by atoms with Crippen LogP contribution in [-0.4, -0.2) is 29.9 Å². The van der Waals surface area contributed by atoms with Crippen molar-refractivity contribution < 1.29 is 18.1 Å².